The summed E-state index contributed by atoms with van der Waals surface area (Å²) in [5.74, 6) is -3.80. The van der Waals surface area contributed by atoms with Crippen LogP contribution in [0, 0.1) is 0 Å². The van der Waals surface area contributed by atoms with Crippen LogP contribution in [0.15, 0.2) is 24.3 Å². The molecule has 1 aromatic carbocycles. The molecule has 2 nitrogen and oxygen atoms in total. The first kappa shape index (κ1) is 8.64. The number of hydrogen-bond acceptors (Lipinski definition) is 2. The minimum atomic E-state index is -3.52. The van der Waals surface area contributed by atoms with Crippen LogP contribution in [0.4, 0.5) is 8.78 Å². The number of rotatable bonds is 2. The number of aldehydes is 1. The molecule has 0 aliphatic heterocycles. The molecule has 0 heterocycles. The van der Waals surface area contributed by atoms with Gasteiger partial charge in [0.1, 0.15) is 5.75 Å². The van der Waals surface area contributed by atoms with E-state index in [1.165, 1.54) is 12.1 Å². The molecule has 1 aromatic rings. The van der Waals surface area contributed by atoms with Crippen molar-refractivity contribution >= 4 is 6.29 Å². The lowest BCUT2D eigenvalue weighted by atomic mass is 10.1. The van der Waals surface area contributed by atoms with Crippen LogP contribution in [-0.2, 0) is 10.7 Å². The summed E-state index contributed by atoms with van der Waals surface area (Å²) in [4.78, 5) is 9.91. The SMILES string of the molecule is O=CC(F)(F)c1cccc(O)c1. The van der Waals surface area contributed by atoms with Gasteiger partial charge in [0.15, 0.2) is 6.29 Å². The van der Waals surface area contributed by atoms with Crippen LogP contribution in [0.3, 0.4) is 0 Å². The summed E-state index contributed by atoms with van der Waals surface area (Å²) in [6, 6.07) is 4.44. The van der Waals surface area contributed by atoms with Crippen LogP contribution < -0.4 is 0 Å². The number of hydrogen-bond donors (Lipinski definition) is 1. The van der Waals surface area contributed by atoms with Gasteiger partial charge in [0.25, 0.3) is 0 Å². The Morgan fingerprint density at radius 2 is 2.08 bits per heavy atom. The van der Waals surface area contributed by atoms with E-state index in [2.05, 4.69) is 0 Å². The molecule has 1 rings (SSSR count). The second kappa shape index (κ2) is 2.89. The highest BCUT2D eigenvalue weighted by Gasteiger charge is 2.30. The van der Waals surface area contributed by atoms with Crippen LogP contribution in [0.1, 0.15) is 5.56 Å². The molecule has 0 spiro atoms. The summed E-state index contributed by atoms with van der Waals surface area (Å²) in [5.41, 5.74) is -0.502. The quantitative estimate of drug-likeness (QED) is 0.689. The lowest BCUT2D eigenvalue weighted by Gasteiger charge is -2.08. The molecule has 0 aliphatic carbocycles. The fraction of sp³-hybridized carbons (Fsp3) is 0.125. The number of aromatic hydroxyl groups is 1. The highest BCUT2D eigenvalue weighted by molar-refractivity contribution is 5.63. The van der Waals surface area contributed by atoms with Gasteiger partial charge in [-0.1, -0.05) is 12.1 Å². The number of phenolic OH excluding ortho intramolecular Hbond substituents is 1. The van der Waals surface area contributed by atoms with Gasteiger partial charge in [-0.05, 0) is 12.1 Å². The zero-order valence-corrected chi connectivity index (χ0v) is 6.00. The van der Waals surface area contributed by atoms with Gasteiger partial charge < -0.3 is 5.11 Å². The van der Waals surface area contributed by atoms with Crippen molar-refractivity contribution in [3.05, 3.63) is 29.8 Å². The van der Waals surface area contributed by atoms with Crippen LogP contribution in [-0.4, -0.2) is 11.4 Å². The molecule has 1 N–H and O–H groups in total. The van der Waals surface area contributed by atoms with E-state index in [-0.39, 0.29) is 5.75 Å². The largest absolute Gasteiger partial charge is 0.508 e. The monoisotopic (exact) mass is 172 g/mol. The van der Waals surface area contributed by atoms with Crippen molar-refractivity contribution in [2.75, 3.05) is 0 Å². The number of alkyl halides is 2. The van der Waals surface area contributed by atoms with E-state index in [9.17, 15) is 13.6 Å². The standard InChI is InChI=1S/C8H6F2O2/c9-8(10,5-11)6-2-1-3-7(12)4-6/h1-5,12H. The summed E-state index contributed by atoms with van der Waals surface area (Å²) < 4.78 is 25.2. The fourth-order valence-electron chi connectivity index (χ4n) is 0.781. The highest BCUT2D eigenvalue weighted by atomic mass is 19.3. The zero-order valence-electron chi connectivity index (χ0n) is 6.00. The summed E-state index contributed by atoms with van der Waals surface area (Å²) in [6.45, 7) is 0. The number of phenols is 1. The third-order valence-electron chi connectivity index (χ3n) is 1.38. The molecule has 0 fully saturated rings. The Labute approximate surface area is 67.4 Å². The molecule has 0 aromatic heterocycles. The van der Waals surface area contributed by atoms with Crippen molar-refractivity contribution in [3.8, 4) is 5.75 Å². The van der Waals surface area contributed by atoms with E-state index in [0.717, 1.165) is 12.1 Å². The maximum atomic E-state index is 12.6. The van der Waals surface area contributed by atoms with Crippen molar-refractivity contribution in [1.82, 2.24) is 0 Å². The Balaban J connectivity index is 3.11. The molecular formula is C8H6F2O2. The average molecular weight is 172 g/mol. The van der Waals surface area contributed by atoms with Crippen LogP contribution >= 0.6 is 0 Å². The zero-order chi connectivity index (χ0) is 9.19. The molecule has 0 saturated carbocycles. The van der Waals surface area contributed by atoms with Crippen molar-refractivity contribution in [2.24, 2.45) is 0 Å². The predicted octanol–water partition coefficient (Wildman–Crippen LogP) is 1.68. The van der Waals surface area contributed by atoms with E-state index < -0.39 is 17.8 Å². The van der Waals surface area contributed by atoms with E-state index >= 15 is 0 Å². The fourth-order valence-corrected chi connectivity index (χ4v) is 0.781. The second-order valence-electron chi connectivity index (χ2n) is 2.29. The summed E-state index contributed by atoms with van der Waals surface area (Å²) in [5, 5.41) is 8.82. The Morgan fingerprint density at radius 1 is 1.42 bits per heavy atom. The third-order valence-corrected chi connectivity index (χ3v) is 1.38. The van der Waals surface area contributed by atoms with Crippen molar-refractivity contribution in [1.29, 1.82) is 0 Å². The number of carbonyl (C=O) groups excluding carboxylic acids is 1. The van der Waals surface area contributed by atoms with E-state index in [0.29, 0.717) is 0 Å². The van der Waals surface area contributed by atoms with Gasteiger partial charge in [-0.15, -0.1) is 0 Å². The smallest absolute Gasteiger partial charge is 0.327 e. The first-order valence-corrected chi connectivity index (χ1v) is 3.20. The molecule has 0 unspecified atom stereocenters. The van der Waals surface area contributed by atoms with Gasteiger partial charge >= 0.3 is 5.92 Å². The predicted molar refractivity (Wildman–Crippen MR) is 38.1 cm³/mol. The molecule has 0 saturated heterocycles. The number of halogens is 2. The lowest BCUT2D eigenvalue weighted by molar-refractivity contribution is -0.130. The van der Waals surface area contributed by atoms with Gasteiger partial charge in [0.2, 0.25) is 0 Å². The second-order valence-corrected chi connectivity index (χ2v) is 2.29. The van der Waals surface area contributed by atoms with Crippen molar-refractivity contribution in [2.45, 2.75) is 5.92 Å². The molecule has 0 bridgehead atoms. The summed E-state index contributed by atoms with van der Waals surface area (Å²) >= 11 is 0. The van der Waals surface area contributed by atoms with Gasteiger partial charge in [-0.3, -0.25) is 4.79 Å². The van der Waals surface area contributed by atoms with E-state index in [1.807, 2.05) is 0 Å². The van der Waals surface area contributed by atoms with Crippen molar-refractivity contribution in [3.63, 3.8) is 0 Å². The summed E-state index contributed by atoms with van der Waals surface area (Å²) in [7, 11) is 0. The molecule has 0 atom stereocenters. The molecule has 4 heteroatoms. The topological polar surface area (TPSA) is 37.3 Å². The highest BCUT2D eigenvalue weighted by Crippen LogP contribution is 2.27. The number of carbonyl (C=O) groups is 1. The first-order chi connectivity index (χ1) is 5.56. The number of benzene rings is 1. The van der Waals surface area contributed by atoms with Crippen molar-refractivity contribution < 1.29 is 18.7 Å². The van der Waals surface area contributed by atoms with Gasteiger partial charge in [0, 0.05) is 5.56 Å². The van der Waals surface area contributed by atoms with E-state index in [1.54, 1.807) is 0 Å². The Hall–Kier alpha value is -1.45. The maximum Gasteiger partial charge on any atom is 0.327 e. The lowest BCUT2D eigenvalue weighted by Crippen LogP contribution is -2.14. The van der Waals surface area contributed by atoms with E-state index in [4.69, 9.17) is 5.11 Å². The van der Waals surface area contributed by atoms with Gasteiger partial charge in [-0.2, -0.15) is 8.78 Å². The Bertz CT molecular complexity index is 297. The molecule has 0 aliphatic rings. The first-order valence-electron chi connectivity index (χ1n) is 3.20. The van der Waals surface area contributed by atoms with Crippen LogP contribution in [0.2, 0.25) is 0 Å². The third kappa shape index (κ3) is 1.58. The summed E-state index contributed by atoms with van der Waals surface area (Å²) in [6.07, 6.45) is -0.457. The minimum Gasteiger partial charge on any atom is -0.508 e. The molecule has 0 radical (unpaired) electrons. The maximum absolute atomic E-state index is 12.6. The molecule has 64 valence electrons. The van der Waals surface area contributed by atoms with Gasteiger partial charge in [0.05, 0.1) is 0 Å². The minimum absolute atomic E-state index is 0.283. The average Bonchev–Trinajstić information content (AvgIpc) is 2.05. The Morgan fingerprint density at radius 3 is 2.58 bits per heavy atom. The Kier molecular flexibility index (Phi) is 2.08. The van der Waals surface area contributed by atoms with Gasteiger partial charge in [-0.25, -0.2) is 0 Å². The normalized spacial score (nSPS) is 11.2. The van der Waals surface area contributed by atoms with Crippen LogP contribution in [0.5, 0.6) is 5.75 Å². The molecule has 0 amide bonds. The molecular weight excluding hydrogens is 166 g/mol. The molecule has 12 heavy (non-hydrogen) atoms. The van der Waals surface area contributed by atoms with Crippen LogP contribution in [0.25, 0.3) is 0 Å².